The first-order valence-electron chi connectivity index (χ1n) is 3.99. The van der Waals surface area contributed by atoms with Gasteiger partial charge in [0.2, 0.25) is 0 Å². The summed E-state index contributed by atoms with van der Waals surface area (Å²) in [4.78, 5) is 0. The molecule has 1 aliphatic rings. The van der Waals surface area contributed by atoms with Crippen molar-refractivity contribution in [2.24, 2.45) is 0 Å². The molecule has 1 unspecified atom stereocenters. The molecule has 1 atom stereocenters. The third kappa shape index (κ3) is 4.04. The second kappa shape index (κ2) is 4.68. The summed E-state index contributed by atoms with van der Waals surface area (Å²) in [5.41, 5.74) is 0. The number of halogens is 3. The second-order valence-electron chi connectivity index (χ2n) is 2.95. The Morgan fingerprint density at radius 1 is 1.64 bits per heavy atom. The first-order valence-corrected chi connectivity index (χ1v) is 7.16. The fraction of sp³-hybridized carbons (Fsp3) is 1.00. The third-order valence-corrected chi connectivity index (χ3v) is 4.54. The minimum Gasteiger partial charge on any atom is -0.321 e. The van der Waals surface area contributed by atoms with Crippen LogP contribution in [0.3, 0.4) is 0 Å². The first-order chi connectivity index (χ1) is 6.41. The van der Waals surface area contributed by atoms with E-state index in [-0.39, 0.29) is 6.04 Å². The van der Waals surface area contributed by atoms with Gasteiger partial charge in [0.15, 0.2) is 0 Å². The van der Waals surface area contributed by atoms with Crippen LogP contribution in [-0.4, -0.2) is 25.1 Å². The molecule has 3 nitrogen and oxygen atoms in total. The molecule has 1 rings (SSSR count). The first kappa shape index (κ1) is 12.7. The normalized spacial score (nSPS) is 22.0. The summed E-state index contributed by atoms with van der Waals surface area (Å²) >= 11 is 9.87. The van der Waals surface area contributed by atoms with Gasteiger partial charge in [-0.1, -0.05) is 0 Å². The van der Waals surface area contributed by atoms with Gasteiger partial charge in [-0.05, 0) is 24.6 Å². The van der Waals surface area contributed by atoms with E-state index in [1.165, 1.54) is 7.11 Å². The van der Waals surface area contributed by atoms with Gasteiger partial charge in [-0.15, -0.1) is 11.6 Å². The van der Waals surface area contributed by atoms with Crippen LogP contribution in [0.4, 0.5) is 8.78 Å². The predicted molar refractivity (Wildman–Crippen MR) is 54.2 cm³/mol. The molecule has 0 saturated heterocycles. The zero-order valence-electron chi connectivity index (χ0n) is 7.50. The zero-order valence-corrected chi connectivity index (χ0v) is 9.97. The summed E-state index contributed by atoms with van der Waals surface area (Å²) < 4.78 is 34.8. The van der Waals surface area contributed by atoms with Gasteiger partial charge in [-0.3, -0.25) is 4.52 Å². The smallest absolute Gasteiger partial charge is 0.321 e. The summed E-state index contributed by atoms with van der Waals surface area (Å²) in [6, 6.07) is 0.145. The molecule has 84 valence electrons. The molecule has 1 fully saturated rings. The fourth-order valence-electron chi connectivity index (χ4n) is 0.753. The molecule has 8 heteroatoms. The average molecular weight is 266 g/mol. The Balaban J connectivity index is 2.54. The number of nitrogens with one attached hydrogen (secondary N) is 1. The lowest BCUT2D eigenvalue weighted by Crippen LogP contribution is -2.27. The van der Waals surface area contributed by atoms with Crippen molar-refractivity contribution in [1.82, 2.24) is 5.09 Å². The molecule has 1 N–H and O–H groups in total. The summed E-state index contributed by atoms with van der Waals surface area (Å²) in [5, 5.41) is 2.75. The molecule has 0 amide bonds. The van der Waals surface area contributed by atoms with Crippen molar-refractivity contribution in [3.63, 3.8) is 0 Å². The molecule has 1 aliphatic carbocycles. The highest BCUT2D eigenvalue weighted by molar-refractivity contribution is 8.09. The second-order valence-corrected chi connectivity index (χ2v) is 6.46. The average Bonchev–Trinajstić information content (AvgIpc) is 2.87. The predicted octanol–water partition coefficient (Wildman–Crippen LogP) is 2.46. The number of rotatable bonds is 6. The molecular weight excluding hydrogens is 255 g/mol. The van der Waals surface area contributed by atoms with E-state index in [0.29, 0.717) is 0 Å². The maximum Gasteiger partial charge on any atom is 0.375 e. The van der Waals surface area contributed by atoms with Crippen molar-refractivity contribution in [2.45, 2.75) is 25.0 Å². The molecule has 0 aromatic carbocycles. The molecular formula is C6H11ClF2NO2PS. The summed E-state index contributed by atoms with van der Waals surface area (Å²) in [6.07, 6.45) is -1.61. The van der Waals surface area contributed by atoms with Crippen LogP contribution in [0.15, 0.2) is 0 Å². The highest BCUT2D eigenvalue weighted by atomic mass is 35.5. The SMILES string of the molecule is COP(=S)(NC1CC1)OC(F)(F)CCl. The molecule has 14 heavy (non-hydrogen) atoms. The standard InChI is InChI=1S/C6H11ClF2NO2PS/c1-11-13(14,10-5-2-3-5)12-6(8,9)4-7/h5H,2-4H2,1H3,(H,10,14). The fourth-order valence-corrected chi connectivity index (χ4v) is 3.01. The quantitative estimate of drug-likeness (QED) is 0.590. The maximum absolute atomic E-state index is 12.8. The molecule has 0 heterocycles. The van der Waals surface area contributed by atoms with Crippen LogP contribution >= 0.6 is 18.2 Å². The number of alkyl halides is 3. The van der Waals surface area contributed by atoms with Crippen LogP contribution in [0, 0.1) is 0 Å². The van der Waals surface area contributed by atoms with Crippen LogP contribution in [0.25, 0.3) is 0 Å². The molecule has 0 radical (unpaired) electrons. The van der Waals surface area contributed by atoms with Gasteiger partial charge in [-0.25, -0.2) is 5.09 Å². The van der Waals surface area contributed by atoms with Crippen LogP contribution in [-0.2, 0) is 20.9 Å². The molecule has 0 bridgehead atoms. The lowest BCUT2D eigenvalue weighted by molar-refractivity contribution is -0.156. The van der Waals surface area contributed by atoms with Crippen LogP contribution < -0.4 is 5.09 Å². The molecule has 0 aromatic rings. The largest absolute Gasteiger partial charge is 0.375 e. The zero-order chi connectivity index (χ0) is 10.8. The van der Waals surface area contributed by atoms with Crippen molar-refractivity contribution in [3.8, 4) is 0 Å². The number of hydrogen-bond acceptors (Lipinski definition) is 3. The van der Waals surface area contributed by atoms with Gasteiger partial charge in [0.1, 0.15) is 5.88 Å². The molecule has 0 aromatic heterocycles. The Morgan fingerprint density at radius 3 is 2.57 bits per heavy atom. The summed E-state index contributed by atoms with van der Waals surface area (Å²) in [5.74, 6) is -0.929. The maximum atomic E-state index is 12.8. The van der Waals surface area contributed by atoms with Gasteiger partial charge in [0.25, 0.3) is 6.64 Å². The number of hydrogen-bond donors (Lipinski definition) is 1. The topological polar surface area (TPSA) is 30.5 Å². The van der Waals surface area contributed by atoms with E-state index in [2.05, 4.69) is 9.61 Å². The van der Waals surface area contributed by atoms with Crippen molar-refractivity contribution in [2.75, 3.05) is 13.0 Å². The van der Waals surface area contributed by atoms with E-state index in [0.717, 1.165) is 12.8 Å². The Hall–Kier alpha value is 0.680. The Labute approximate surface area is 91.3 Å². The third-order valence-electron chi connectivity index (χ3n) is 1.57. The lowest BCUT2D eigenvalue weighted by Gasteiger charge is -2.25. The van der Waals surface area contributed by atoms with Crippen molar-refractivity contribution in [1.29, 1.82) is 0 Å². The van der Waals surface area contributed by atoms with E-state index in [1.54, 1.807) is 0 Å². The summed E-state index contributed by atoms with van der Waals surface area (Å²) in [6.45, 7) is -3.08. The molecule has 1 saturated carbocycles. The van der Waals surface area contributed by atoms with Gasteiger partial charge in [0, 0.05) is 13.2 Å². The van der Waals surface area contributed by atoms with Crippen LogP contribution in [0.5, 0.6) is 0 Å². The van der Waals surface area contributed by atoms with Crippen molar-refractivity contribution in [3.05, 3.63) is 0 Å². The van der Waals surface area contributed by atoms with E-state index in [9.17, 15) is 8.78 Å². The Bertz CT molecular complexity index is 252. The van der Waals surface area contributed by atoms with Gasteiger partial charge in [0.05, 0.1) is 0 Å². The van der Waals surface area contributed by atoms with E-state index >= 15 is 0 Å². The summed E-state index contributed by atoms with van der Waals surface area (Å²) in [7, 11) is 1.25. The van der Waals surface area contributed by atoms with E-state index in [4.69, 9.17) is 27.9 Å². The van der Waals surface area contributed by atoms with Crippen LogP contribution in [0.2, 0.25) is 0 Å². The van der Waals surface area contributed by atoms with Crippen molar-refractivity contribution >= 4 is 30.1 Å². The van der Waals surface area contributed by atoms with E-state index < -0.39 is 18.6 Å². The van der Waals surface area contributed by atoms with Crippen molar-refractivity contribution < 1.29 is 17.8 Å². The van der Waals surface area contributed by atoms with Gasteiger partial charge < -0.3 is 4.52 Å². The van der Waals surface area contributed by atoms with Crippen LogP contribution in [0.1, 0.15) is 12.8 Å². The molecule has 0 spiro atoms. The minimum absolute atomic E-state index is 0.145. The minimum atomic E-state index is -3.44. The van der Waals surface area contributed by atoms with Gasteiger partial charge >= 0.3 is 6.11 Å². The highest BCUT2D eigenvalue weighted by Crippen LogP contribution is 2.50. The van der Waals surface area contributed by atoms with Gasteiger partial charge in [-0.2, -0.15) is 8.78 Å². The van der Waals surface area contributed by atoms with E-state index in [1.807, 2.05) is 0 Å². The Morgan fingerprint density at radius 2 is 2.21 bits per heavy atom. The lowest BCUT2D eigenvalue weighted by atomic mass is 10.8. The highest BCUT2D eigenvalue weighted by Gasteiger charge is 2.39. The molecule has 0 aliphatic heterocycles. The Kier molecular flexibility index (Phi) is 4.26. The monoisotopic (exact) mass is 265 g/mol.